The summed E-state index contributed by atoms with van der Waals surface area (Å²) in [6, 6.07) is 2.66. The van der Waals surface area contributed by atoms with Crippen LogP contribution in [0.25, 0.3) is 0 Å². The Balaban J connectivity index is 2.64. The summed E-state index contributed by atoms with van der Waals surface area (Å²) in [5.74, 6) is -2.62. The van der Waals surface area contributed by atoms with Gasteiger partial charge in [-0.1, -0.05) is 20.3 Å². The van der Waals surface area contributed by atoms with Crippen LogP contribution >= 0.6 is 15.9 Å². The van der Waals surface area contributed by atoms with Gasteiger partial charge in [0.05, 0.1) is 12.7 Å². The van der Waals surface area contributed by atoms with E-state index in [-0.39, 0.29) is 16.0 Å². The van der Waals surface area contributed by atoms with Crippen molar-refractivity contribution in [1.29, 1.82) is 0 Å². The van der Waals surface area contributed by atoms with Crippen LogP contribution in [0.3, 0.4) is 0 Å². The highest BCUT2D eigenvalue weighted by molar-refractivity contribution is 9.10. The number of nitrogens with one attached hydrogen (secondary N) is 1. The molecule has 0 aromatic heterocycles. The maximum absolute atomic E-state index is 13.0. The van der Waals surface area contributed by atoms with E-state index in [1.807, 2.05) is 6.92 Å². The number of amides is 1. The van der Waals surface area contributed by atoms with E-state index in [2.05, 4.69) is 26.0 Å². The van der Waals surface area contributed by atoms with E-state index >= 15 is 0 Å². The van der Waals surface area contributed by atoms with Crippen LogP contribution < -0.4 is 5.32 Å². The molecule has 1 aromatic rings. The van der Waals surface area contributed by atoms with Crippen LogP contribution in [-0.4, -0.2) is 37.6 Å². The molecule has 0 radical (unpaired) electrons. The Morgan fingerprint density at radius 2 is 2.00 bits per heavy atom. The smallest absolute Gasteiger partial charge is 0.339 e. The first-order valence-corrected chi connectivity index (χ1v) is 8.08. The second kappa shape index (κ2) is 9.36. The summed E-state index contributed by atoms with van der Waals surface area (Å²) < 4.78 is 22.8. The topological polar surface area (TPSA) is 81.7 Å². The van der Waals surface area contributed by atoms with Crippen LogP contribution in [-0.2, 0) is 19.1 Å². The third kappa shape index (κ3) is 5.59. The van der Waals surface area contributed by atoms with Crippen LogP contribution in [0.4, 0.5) is 4.39 Å². The molecule has 0 bridgehead atoms. The number of esters is 2. The number of hydrogen-bond donors (Lipinski definition) is 1. The average Bonchev–Trinajstić information content (AvgIpc) is 2.56. The molecular weight excluding hydrogens is 385 g/mol. The van der Waals surface area contributed by atoms with Gasteiger partial charge in [0.1, 0.15) is 11.9 Å². The molecule has 0 aliphatic carbocycles. The molecule has 24 heavy (non-hydrogen) atoms. The largest absolute Gasteiger partial charge is 0.467 e. The lowest BCUT2D eigenvalue weighted by Gasteiger charge is -2.21. The summed E-state index contributed by atoms with van der Waals surface area (Å²) in [6.45, 7) is 3.11. The molecule has 0 aliphatic heterocycles. The van der Waals surface area contributed by atoms with Crippen LogP contribution in [0.2, 0.25) is 0 Å². The third-order valence-corrected chi connectivity index (χ3v) is 4.13. The van der Waals surface area contributed by atoms with Gasteiger partial charge < -0.3 is 14.8 Å². The van der Waals surface area contributed by atoms with Gasteiger partial charge in [-0.15, -0.1) is 0 Å². The number of ether oxygens (including phenoxy) is 2. The quantitative estimate of drug-likeness (QED) is 0.707. The fourth-order valence-corrected chi connectivity index (χ4v) is 2.39. The van der Waals surface area contributed by atoms with Crippen LogP contribution in [0.5, 0.6) is 0 Å². The molecule has 0 aliphatic rings. The highest BCUT2D eigenvalue weighted by atomic mass is 79.9. The average molecular weight is 404 g/mol. The van der Waals surface area contributed by atoms with Crippen LogP contribution in [0.15, 0.2) is 22.7 Å². The van der Waals surface area contributed by atoms with Gasteiger partial charge in [0.2, 0.25) is 0 Å². The molecule has 0 heterocycles. The molecule has 0 unspecified atom stereocenters. The van der Waals surface area contributed by atoms with Crippen molar-refractivity contribution in [1.82, 2.24) is 5.32 Å². The van der Waals surface area contributed by atoms with E-state index in [1.165, 1.54) is 13.2 Å². The number of methoxy groups -OCH3 is 1. The van der Waals surface area contributed by atoms with Crippen molar-refractivity contribution in [3.05, 3.63) is 34.1 Å². The first-order valence-electron chi connectivity index (χ1n) is 7.29. The van der Waals surface area contributed by atoms with E-state index in [4.69, 9.17) is 4.74 Å². The molecule has 0 spiro atoms. The van der Waals surface area contributed by atoms with E-state index in [0.717, 1.165) is 12.1 Å². The Labute approximate surface area is 147 Å². The van der Waals surface area contributed by atoms with Crippen molar-refractivity contribution in [3.63, 3.8) is 0 Å². The van der Waals surface area contributed by atoms with E-state index in [9.17, 15) is 18.8 Å². The van der Waals surface area contributed by atoms with Crippen molar-refractivity contribution in [2.45, 2.75) is 26.3 Å². The number of rotatable bonds is 7. The van der Waals surface area contributed by atoms with Crippen molar-refractivity contribution in [2.24, 2.45) is 5.92 Å². The zero-order valence-corrected chi connectivity index (χ0v) is 15.2. The van der Waals surface area contributed by atoms with Crippen molar-refractivity contribution in [3.8, 4) is 0 Å². The van der Waals surface area contributed by atoms with Gasteiger partial charge >= 0.3 is 11.9 Å². The standard InChI is InChI=1S/C16H19BrFNO5/c1-4-9(2)14(16(22)23-3)19-13(20)8-24-15(21)11-6-5-10(18)7-12(11)17/h5-7,9,14H,4,8H2,1-3H3,(H,19,20)/t9-,14-/m1/s1. The Kier molecular flexibility index (Phi) is 7.84. The molecule has 2 atom stereocenters. The Morgan fingerprint density at radius 3 is 2.54 bits per heavy atom. The molecule has 6 nitrogen and oxygen atoms in total. The third-order valence-electron chi connectivity index (χ3n) is 3.47. The predicted molar refractivity (Wildman–Crippen MR) is 87.8 cm³/mol. The maximum Gasteiger partial charge on any atom is 0.339 e. The number of benzene rings is 1. The molecule has 1 amide bonds. The highest BCUT2D eigenvalue weighted by Crippen LogP contribution is 2.18. The number of carbonyl (C=O) groups is 3. The minimum atomic E-state index is -0.816. The lowest BCUT2D eigenvalue weighted by atomic mass is 9.99. The maximum atomic E-state index is 13.0. The predicted octanol–water partition coefficient (Wildman–Crippen LogP) is 2.45. The highest BCUT2D eigenvalue weighted by Gasteiger charge is 2.27. The summed E-state index contributed by atoms with van der Waals surface area (Å²) in [4.78, 5) is 35.5. The van der Waals surface area contributed by atoms with Gasteiger partial charge in [-0.3, -0.25) is 4.79 Å². The van der Waals surface area contributed by atoms with Crippen molar-refractivity contribution in [2.75, 3.05) is 13.7 Å². The molecular formula is C16H19BrFNO5. The van der Waals surface area contributed by atoms with Crippen LogP contribution in [0, 0.1) is 11.7 Å². The molecule has 1 N–H and O–H groups in total. The van der Waals surface area contributed by atoms with Gasteiger partial charge in [-0.2, -0.15) is 0 Å². The van der Waals surface area contributed by atoms with Gasteiger partial charge in [0, 0.05) is 4.47 Å². The zero-order valence-electron chi connectivity index (χ0n) is 13.6. The Bertz CT molecular complexity index is 622. The van der Waals surface area contributed by atoms with Crippen molar-refractivity contribution < 1.29 is 28.2 Å². The van der Waals surface area contributed by atoms with Gasteiger partial charge in [0.15, 0.2) is 6.61 Å². The molecule has 0 saturated heterocycles. The minimum Gasteiger partial charge on any atom is -0.467 e. The molecule has 1 aromatic carbocycles. The second-order valence-electron chi connectivity index (χ2n) is 5.15. The first-order chi connectivity index (χ1) is 11.3. The van der Waals surface area contributed by atoms with E-state index < -0.39 is 36.3 Å². The van der Waals surface area contributed by atoms with Gasteiger partial charge in [0.25, 0.3) is 5.91 Å². The molecule has 8 heteroatoms. The first kappa shape index (κ1) is 20.1. The number of halogens is 2. The summed E-state index contributed by atoms with van der Waals surface area (Å²) in [7, 11) is 1.23. The zero-order chi connectivity index (χ0) is 18.3. The molecule has 1 rings (SSSR count). The van der Waals surface area contributed by atoms with E-state index in [0.29, 0.717) is 6.42 Å². The summed E-state index contributed by atoms with van der Waals surface area (Å²) >= 11 is 3.05. The van der Waals surface area contributed by atoms with Crippen LogP contribution in [0.1, 0.15) is 30.6 Å². The molecule has 0 saturated carbocycles. The fourth-order valence-electron chi connectivity index (χ4n) is 1.88. The number of carbonyl (C=O) groups excluding carboxylic acids is 3. The Hall–Kier alpha value is -1.96. The van der Waals surface area contributed by atoms with E-state index in [1.54, 1.807) is 6.92 Å². The fraction of sp³-hybridized carbons (Fsp3) is 0.438. The lowest BCUT2D eigenvalue weighted by molar-refractivity contribution is -0.147. The Morgan fingerprint density at radius 1 is 1.33 bits per heavy atom. The normalized spacial score (nSPS) is 12.9. The summed E-state index contributed by atoms with van der Waals surface area (Å²) in [5, 5.41) is 2.49. The summed E-state index contributed by atoms with van der Waals surface area (Å²) in [6.07, 6.45) is 0.655. The monoisotopic (exact) mass is 403 g/mol. The van der Waals surface area contributed by atoms with Gasteiger partial charge in [-0.25, -0.2) is 14.0 Å². The van der Waals surface area contributed by atoms with Crippen molar-refractivity contribution >= 4 is 33.8 Å². The molecule has 0 fully saturated rings. The molecule has 132 valence electrons. The summed E-state index contributed by atoms with van der Waals surface area (Å²) in [5.41, 5.74) is 0.0932. The SMILES string of the molecule is CC[C@@H](C)[C@@H](NC(=O)COC(=O)c1ccc(F)cc1Br)C(=O)OC. The second-order valence-corrected chi connectivity index (χ2v) is 6.01. The number of hydrogen-bond acceptors (Lipinski definition) is 5. The lowest BCUT2D eigenvalue weighted by Crippen LogP contribution is -2.47. The minimum absolute atomic E-state index is 0.0932. The van der Waals surface area contributed by atoms with Gasteiger partial charge in [-0.05, 0) is 40.0 Å².